The van der Waals surface area contributed by atoms with Gasteiger partial charge in [-0.05, 0) is 32.4 Å². The standard InChI is InChI=1S/C23H45NO2/c1-2-3-4-5-6-7-8-9-10-11-12-13-14-15-16-17-20-24-21-18-19-22(24)23(25)26/h22H,2-21H2,1H3,(H,25,26). The summed E-state index contributed by atoms with van der Waals surface area (Å²) in [6, 6.07) is -0.202. The summed E-state index contributed by atoms with van der Waals surface area (Å²) >= 11 is 0. The number of carbonyl (C=O) groups is 1. The fourth-order valence-electron chi connectivity index (χ4n) is 4.24. The van der Waals surface area contributed by atoms with Gasteiger partial charge in [0, 0.05) is 0 Å². The Balaban J connectivity index is 1.75. The fraction of sp³-hybridized carbons (Fsp3) is 0.957. The van der Waals surface area contributed by atoms with Crippen LogP contribution in [-0.2, 0) is 4.79 Å². The first kappa shape index (κ1) is 23.5. The van der Waals surface area contributed by atoms with Crippen molar-refractivity contribution in [3.8, 4) is 0 Å². The number of rotatable bonds is 18. The third kappa shape index (κ3) is 11.9. The highest BCUT2D eigenvalue weighted by Gasteiger charge is 2.29. The molecular formula is C23H45NO2. The van der Waals surface area contributed by atoms with Crippen LogP contribution in [-0.4, -0.2) is 35.1 Å². The molecule has 0 aromatic rings. The first-order valence-corrected chi connectivity index (χ1v) is 11.7. The molecule has 0 spiro atoms. The number of carboxylic acid groups (broad SMARTS) is 1. The van der Waals surface area contributed by atoms with Crippen LogP contribution in [0.3, 0.4) is 0 Å². The quantitative estimate of drug-likeness (QED) is 0.271. The average Bonchev–Trinajstić information content (AvgIpc) is 3.10. The monoisotopic (exact) mass is 367 g/mol. The molecule has 1 rings (SSSR count). The summed E-state index contributed by atoms with van der Waals surface area (Å²) in [4.78, 5) is 13.3. The SMILES string of the molecule is CCCCCCCCCCCCCCCCCCN1CCCC1C(=O)O. The molecule has 1 atom stereocenters. The van der Waals surface area contributed by atoms with Crippen LogP contribution in [0.4, 0.5) is 0 Å². The van der Waals surface area contributed by atoms with Crippen molar-refractivity contribution in [3.63, 3.8) is 0 Å². The van der Waals surface area contributed by atoms with E-state index < -0.39 is 5.97 Å². The molecule has 0 aromatic heterocycles. The van der Waals surface area contributed by atoms with E-state index in [0.29, 0.717) is 0 Å². The second-order valence-electron chi connectivity index (χ2n) is 8.34. The molecule has 0 radical (unpaired) electrons. The Hall–Kier alpha value is -0.570. The Kier molecular flexibility index (Phi) is 15.0. The molecule has 0 aliphatic carbocycles. The smallest absolute Gasteiger partial charge is 0.320 e. The van der Waals surface area contributed by atoms with Crippen molar-refractivity contribution >= 4 is 5.97 Å². The molecule has 3 heteroatoms. The number of likely N-dealkylation sites (tertiary alicyclic amines) is 1. The van der Waals surface area contributed by atoms with E-state index in [1.165, 1.54) is 103 Å². The minimum Gasteiger partial charge on any atom is -0.480 e. The molecule has 1 fully saturated rings. The van der Waals surface area contributed by atoms with Gasteiger partial charge < -0.3 is 5.11 Å². The highest BCUT2D eigenvalue weighted by atomic mass is 16.4. The molecule has 1 N–H and O–H groups in total. The van der Waals surface area contributed by atoms with Crippen LogP contribution in [0.15, 0.2) is 0 Å². The molecule has 0 saturated carbocycles. The van der Waals surface area contributed by atoms with Crippen molar-refractivity contribution in [2.75, 3.05) is 13.1 Å². The number of nitrogens with zero attached hydrogens (tertiary/aromatic N) is 1. The molecule has 154 valence electrons. The van der Waals surface area contributed by atoms with E-state index in [9.17, 15) is 9.90 Å². The van der Waals surface area contributed by atoms with Gasteiger partial charge in [0.15, 0.2) is 0 Å². The van der Waals surface area contributed by atoms with Crippen molar-refractivity contribution in [1.29, 1.82) is 0 Å². The van der Waals surface area contributed by atoms with E-state index in [2.05, 4.69) is 11.8 Å². The molecule has 1 saturated heterocycles. The van der Waals surface area contributed by atoms with E-state index in [1.54, 1.807) is 0 Å². The van der Waals surface area contributed by atoms with Gasteiger partial charge in [-0.15, -0.1) is 0 Å². The van der Waals surface area contributed by atoms with E-state index >= 15 is 0 Å². The van der Waals surface area contributed by atoms with Crippen molar-refractivity contribution in [3.05, 3.63) is 0 Å². The lowest BCUT2D eigenvalue weighted by atomic mass is 10.0. The van der Waals surface area contributed by atoms with Crippen molar-refractivity contribution in [2.45, 2.75) is 129 Å². The summed E-state index contributed by atoms with van der Waals surface area (Å²) in [6.07, 6.45) is 24.1. The lowest BCUT2D eigenvalue weighted by molar-refractivity contribution is -0.142. The minimum atomic E-state index is -0.626. The Morgan fingerprint density at radius 3 is 1.62 bits per heavy atom. The third-order valence-electron chi connectivity index (χ3n) is 5.95. The van der Waals surface area contributed by atoms with E-state index in [4.69, 9.17) is 0 Å². The molecule has 3 nitrogen and oxygen atoms in total. The number of hydrogen-bond acceptors (Lipinski definition) is 2. The zero-order valence-electron chi connectivity index (χ0n) is 17.5. The maximum Gasteiger partial charge on any atom is 0.320 e. The van der Waals surface area contributed by atoms with E-state index in [0.717, 1.165) is 25.9 Å². The second kappa shape index (κ2) is 16.6. The van der Waals surface area contributed by atoms with Crippen molar-refractivity contribution in [2.24, 2.45) is 0 Å². The number of unbranched alkanes of at least 4 members (excludes halogenated alkanes) is 15. The van der Waals surface area contributed by atoms with Gasteiger partial charge in [0.1, 0.15) is 6.04 Å². The zero-order chi connectivity index (χ0) is 18.9. The highest BCUT2D eigenvalue weighted by Crippen LogP contribution is 2.19. The van der Waals surface area contributed by atoms with Crippen molar-refractivity contribution < 1.29 is 9.90 Å². The maximum atomic E-state index is 11.1. The second-order valence-corrected chi connectivity index (χ2v) is 8.34. The predicted octanol–water partition coefficient (Wildman–Crippen LogP) is 6.80. The molecule has 0 bridgehead atoms. The summed E-state index contributed by atoms with van der Waals surface area (Å²) in [5, 5.41) is 9.18. The van der Waals surface area contributed by atoms with Gasteiger partial charge in [-0.3, -0.25) is 9.69 Å². The first-order valence-electron chi connectivity index (χ1n) is 11.7. The predicted molar refractivity (Wildman–Crippen MR) is 112 cm³/mol. The van der Waals surface area contributed by atoms with Crippen LogP contribution in [0.5, 0.6) is 0 Å². The molecule has 0 aromatic carbocycles. The van der Waals surface area contributed by atoms with Gasteiger partial charge in [0.2, 0.25) is 0 Å². The molecule has 1 aliphatic rings. The van der Waals surface area contributed by atoms with Gasteiger partial charge in [-0.2, -0.15) is 0 Å². The summed E-state index contributed by atoms with van der Waals surface area (Å²) in [7, 11) is 0. The summed E-state index contributed by atoms with van der Waals surface area (Å²) < 4.78 is 0. The number of hydrogen-bond donors (Lipinski definition) is 1. The van der Waals surface area contributed by atoms with Gasteiger partial charge in [0.25, 0.3) is 0 Å². The largest absolute Gasteiger partial charge is 0.480 e. The Morgan fingerprint density at radius 1 is 0.769 bits per heavy atom. The van der Waals surface area contributed by atoms with Gasteiger partial charge >= 0.3 is 5.97 Å². The van der Waals surface area contributed by atoms with Crippen LogP contribution in [0.25, 0.3) is 0 Å². The molecule has 0 amide bonds. The summed E-state index contributed by atoms with van der Waals surface area (Å²) in [6.45, 7) is 4.25. The summed E-state index contributed by atoms with van der Waals surface area (Å²) in [5.74, 6) is -0.626. The van der Waals surface area contributed by atoms with Gasteiger partial charge in [-0.1, -0.05) is 103 Å². The Bertz CT molecular complexity index is 332. The van der Waals surface area contributed by atoms with Crippen LogP contribution in [0.2, 0.25) is 0 Å². The molecular weight excluding hydrogens is 322 g/mol. The fourth-order valence-corrected chi connectivity index (χ4v) is 4.24. The van der Waals surface area contributed by atoms with Crippen LogP contribution in [0, 0.1) is 0 Å². The van der Waals surface area contributed by atoms with Crippen LogP contribution >= 0.6 is 0 Å². The van der Waals surface area contributed by atoms with E-state index in [-0.39, 0.29) is 6.04 Å². The molecule has 1 aliphatic heterocycles. The lowest BCUT2D eigenvalue weighted by Gasteiger charge is -2.20. The summed E-state index contributed by atoms with van der Waals surface area (Å²) in [5.41, 5.74) is 0. The van der Waals surface area contributed by atoms with Gasteiger partial charge in [-0.25, -0.2) is 0 Å². The third-order valence-corrected chi connectivity index (χ3v) is 5.95. The number of carboxylic acids is 1. The topological polar surface area (TPSA) is 40.5 Å². The van der Waals surface area contributed by atoms with Crippen LogP contribution in [0.1, 0.15) is 122 Å². The van der Waals surface area contributed by atoms with Gasteiger partial charge in [0.05, 0.1) is 0 Å². The van der Waals surface area contributed by atoms with E-state index in [1.807, 2.05) is 0 Å². The van der Waals surface area contributed by atoms with Crippen LogP contribution < -0.4 is 0 Å². The molecule has 26 heavy (non-hydrogen) atoms. The normalized spacial score (nSPS) is 17.8. The van der Waals surface area contributed by atoms with Crippen molar-refractivity contribution in [1.82, 2.24) is 4.90 Å². The highest BCUT2D eigenvalue weighted by molar-refractivity contribution is 5.73. The Morgan fingerprint density at radius 2 is 1.19 bits per heavy atom. The molecule has 1 heterocycles. The number of aliphatic carboxylic acids is 1. The maximum absolute atomic E-state index is 11.1. The lowest BCUT2D eigenvalue weighted by Crippen LogP contribution is -2.36. The molecule has 1 unspecified atom stereocenters. The average molecular weight is 368 g/mol. The first-order chi connectivity index (χ1) is 12.8. The zero-order valence-corrected chi connectivity index (χ0v) is 17.5. The Labute approximate surface area is 162 Å². The minimum absolute atomic E-state index is 0.202.